The zero-order valence-electron chi connectivity index (χ0n) is 15.8. The normalized spacial score (nSPS) is 11.1. The lowest BCUT2D eigenvalue weighted by atomic mass is 10.1. The van der Waals surface area contributed by atoms with Crippen molar-refractivity contribution < 1.29 is 4.74 Å². The van der Waals surface area contributed by atoms with Crippen LogP contribution in [0.3, 0.4) is 0 Å². The Kier molecular flexibility index (Phi) is 4.59. The van der Waals surface area contributed by atoms with Crippen LogP contribution in [0.25, 0.3) is 22.2 Å². The molecule has 0 atom stereocenters. The molecule has 0 radical (unpaired) electrons. The highest BCUT2D eigenvalue weighted by Gasteiger charge is 2.11. The van der Waals surface area contributed by atoms with Crippen LogP contribution in [0.15, 0.2) is 54.7 Å². The van der Waals surface area contributed by atoms with Gasteiger partial charge in [0.15, 0.2) is 0 Å². The molecule has 4 aromatic rings. The fraction of sp³-hybridized carbons (Fsp3) is 0.227. The van der Waals surface area contributed by atoms with Gasteiger partial charge >= 0.3 is 0 Å². The van der Waals surface area contributed by atoms with Crippen LogP contribution in [0.2, 0.25) is 0 Å². The lowest BCUT2D eigenvalue weighted by molar-refractivity contribution is 0.415. The van der Waals surface area contributed by atoms with E-state index in [0.29, 0.717) is 0 Å². The number of benzene rings is 2. The van der Waals surface area contributed by atoms with Gasteiger partial charge in [-0.25, -0.2) is 15.0 Å². The van der Waals surface area contributed by atoms with E-state index in [4.69, 9.17) is 9.72 Å². The van der Waals surface area contributed by atoms with Crippen LogP contribution in [0.5, 0.6) is 5.75 Å². The smallest absolute Gasteiger partial charge is 0.126 e. The molecule has 27 heavy (non-hydrogen) atoms. The number of aryl methyl sites for hydroxylation is 4. The Morgan fingerprint density at radius 2 is 1.78 bits per heavy atom. The number of nitrogens with zero attached hydrogens (tertiary/aromatic N) is 4. The summed E-state index contributed by atoms with van der Waals surface area (Å²) in [6.07, 6.45) is 3.69. The summed E-state index contributed by atoms with van der Waals surface area (Å²) in [5.74, 6) is 2.65. The maximum absolute atomic E-state index is 5.37. The highest BCUT2D eigenvalue weighted by Crippen LogP contribution is 2.24. The van der Waals surface area contributed by atoms with Gasteiger partial charge in [-0.05, 0) is 31.5 Å². The third-order valence-electron chi connectivity index (χ3n) is 4.72. The number of hydrogen-bond acceptors (Lipinski definition) is 4. The van der Waals surface area contributed by atoms with Gasteiger partial charge in [0.1, 0.15) is 17.4 Å². The first-order valence-corrected chi connectivity index (χ1v) is 9.03. The molecule has 136 valence electrons. The van der Waals surface area contributed by atoms with E-state index in [9.17, 15) is 0 Å². The Labute approximate surface area is 158 Å². The van der Waals surface area contributed by atoms with Crippen LogP contribution in [0.4, 0.5) is 0 Å². The summed E-state index contributed by atoms with van der Waals surface area (Å²) in [5, 5.41) is 1.04. The second kappa shape index (κ2) is 7.19. The van der Waals surface area contributed by atoms with Crippen molar-refractivity contribution >= 4 is 10.9 Å². The number of imidazole rings is 1. The van der Waals surface area contributed by atoms with Crippen molar-refractivity contribution in [3.05, 3.63) is 72.1 Å². The molecule has 0 saturated carbocycles. The first-order chi connectivity index (χ1) is 13.1. The van der Waals surface area contributed by atoms with Crippen molar-refractivity contribution in [2.24, 2.45) is 7.05 Å². The second-order valence-electron chi connectivity index (χ2n) is 6.62. The highest BCUT2D eigenvalue weighted by atomic mass is 16.5. The fourth-order valence-electron chi connectivity index (χ4n) is 3.33. The van der Waals surface area contributed by atoms with Crippen LogP contribution >= 0.6 is 0 Å². The summed E-state index contributed by atoms with van der Waals surface area (Å²) in [6.45, 7) is 1.93. The first kappa shape index (κ1) is 17.2. The van der Waals surface area contributed by atoms with Gasteiger partial charge in [-0.15, -0.1) is 0 Å². The summed E-state index contributed by atoms with van der Waals surface area (Å²) in [4.78, 5) is 14.0. The van der Waals surface area contributed by atoms with E-state index in [1.807, 2.05) is 50.4 Å². The van der Waals surface area contributed by atoms with Crippen molar-refractivity contribution in [3.63, 3.8) is 0 Å². The van der Waals surface area contributed by atoms with Gasteiger partial charge in [-0.1, -0.05) is 30.3 Å². The molecule has 0 spiro atoms. The van der Waals surface area contributed by atoms with E-state index in [1.54, 1.807) is 7.11 Å². The highest BCUT2D eigenvalue weighted by molar-refractivity contribution is 5.82. The van der Waals surface area contributed by atoms with Gasteiger partial charge in [0.25, 0.3) is 0 Å². The maximum atomic E-state index is 5.37. The van der Waals surface area contributed by atoms with Crippen LogP contribution in [0, 0.1) is 6.92 Å². The molecule has 2 heterocycles. The first-order valence-electron chi connectivity index (χ1n) is 9.03. The van der Waals surface area contributed by atoms with E-state index in [-0.39, 0.29) is 0 Å². The van der Waals surface area contributed by atoms with E-state index in [1.165, 1.54) is 0 Å². The van der Waals surface area contributed by atoms with Crippen LogP contribution in [-0.4, -0.2) is 26.6 Å². The Hall–Kier alpha value is -3.21. The molecular formula is C22H22N4O. The number of fused-ring (bicyclic) bond motifs is 1. The molecule has 0 amide bonds. The van der Waals surface area contributed by atoms with Gasteiger partial charge in [0, 0.05) is 30.6 Å². The van der Waals surface area contributed by atoms with Crippen molar-refractivity contribution in [2.75, 3.05) is 7.11 Å². The molecule has 0 bridgehead atoms. The monoisotopic (exact) mass is 358 g/mol. The molecular weight excluding hydrogens is 336 g/mol. The molecule has 0 unspecified atom stereocenters. The van der Waals surface area contributed by atoms with E-state index in [0.717, 1.165) is 58.1 Å². The molecule has 0 N–H and O–H groups in total. The number of ether oxygens (including phenoxy) is 1. The lowest BCUT2D eigenvalue weighted by Crippen LogP contribution is -2.04. The summed E-state index contributed by atoms with van der Waals surface area (Å²) in [7, 11) is 3.72. The fourth-order valence-corrected chi connectivity index (χ4v) is 3.33. The molecule has 2 aromatic heterocycles. The minimum atomic E-state index is 0.785. The Balaban J connectivity index is 1.63. The molecule has 0 aliphatic rings. The summed E-state index contributed by atoms with van der Waals surface area (Å²) >= 11 is 0. The van der Waals surface area contributed by atoms with Crippen LogP contribution in [-0.2, 0) is 19.9 Å². The Bertz CT molecular complexity index is 1090. The van der Waals surface area contributed by atoms with E-state index < -0.39 is 0 Å². The summed E-state index contributed by atoms with van der Waals surface area (Å²) < 4.78 is 7.47. The van der Waals surface area contributed by atoms with Gasteiger partial charge in [0.05, 0.1) is 24.0 Å². The molecule has 4 rings (SSSR count). The van der Waals surface area contributed by atoms with Gasteiger partial charge < -0.3 is 9.30 Å². The Morgan fingerprint density at radius 1 is 0.963 bits per heavy atom. The van der Waals surface area contributed by atoms with Crippen molar-refractivity contribution in [3.8, 4) is 17.0 Å². The minimum Gasteiger partial charge on any atom is -0.497 e. The molecule has 0 aliphatic carbocycles. The average Bonchev–Trinajstić information content (AvgIpc) is 3.07. The lowest BCUT2D eigenvalue weighted by Gasteiger charge is -2.08. The molecule has 0 fully saturated rings. The predicted molar refractivity (Wildman–Crippen MR) is 107 cm³/mol. The number of aromatic nitrogens is 4. The second-order valence-corrected chi connectivity index (χ2v) is 6.62. The standard InChI is InChI=1S/C22H22N4O/c1-15-23-19-10-9-17(27-3)13-18(19)20(24-15)11-12-22-25-21(14-26(22)2)16-7-5-4-6-8-16/h4-10,13-14H,11-12H2,1-3H3. The van der Waals surface area contributed by atoms with Crippen molar-refractivity contribution in [1.29, 1.82) is 0 Å². The van der Waals surface area contributed by atoms with Gasteiger partial charge in [0.2, 0.25) is 0 Å². The average molecular weight is 358 g/mol. The SMILES string of the molecule is COc1ccc2nc(C)nc(CCc3nc(-c4ccccc4)cn3C)c2c1. The van der Waals surface area contributed by atoms with Gasteiger partial charge in [-0.3, -0.25) is 0 Å². The van der Waals surface area contributed by atoms with Crippen LogP contribution in [0.1, 0.15) is 17.3 Å². The number of rotatable bonds is 5. The predicted octanol–water partition coefficient (Wildman–Crippen LogP) is 4.13. The van der Waals surface area contributed by atoms with E-state index >= 15 is 0 Å². The Morgan fingerprint density at radius 3 is 2.56 bits per heavy atom. The molecule has 5 heteroatoms. The molecule has 0 saturated heterocycles. The van der Waals surface area contributed by atoms with Gasteiger partial charge in [-0.2, -0.15) is 0 Å². The minimum absolute atomic E-state index is 0.785. The maximum Gasteiger partial charge on any atom is 0.126 e. The number of methoxy groups -OCH3 is 1. The summed E-state index contributed by atoms with van der Waals surface area (Å²) in [6, 6.07) is 16.2. The number of hydrogen-bond donors (Lipinski definition) is 0. The zero-order valence-corrected chi connectivity index (χ0v) is 15.8. The molecule has 2 aromatic carbocycles. The third kappa shape index (κ3) is 3.53. The molecule has 5 nitrogen and oxygen atoms in total. The van der Waals surface area contributed by atoms with E-state index in [2.05, 4.69) is 32.9 Å². The summed E-state index contributed by atoms with van der Waals surface area (Å²) in [5.41, 5.74) is 4.11. The molecule has 0 aliphatic heterocycles. The van der Waals surface area contributed by atoms with Crippen molar-refractivity contribution in [2.45, 2.75) is 19.8 Å². The van der Waals surface area contributed by atoms with Crippen molar-refractivity contribution in [1.82, 2.24) is 19.5 Å². The zero-order chi connectivity index (χ0) is 18.8. The largest absolute Gasteiger partial charge is 0.497 e. The quantitative estimate of drug-likeness (QED) is 0.538. The topological polar surface area (TPSA) is 52.8 Å². The third-order valence-corrected chi connectivity index (χ3v) is 4.72. The van der Waals surface area contributed by atoms with Crippen LogP contribution < -0.4 is 4.74 Å².